The Hall–Kier alpha value is -5.93. The number of aliphatic carboxylic acids is 1. The number of carbonyl (C=O) groups is 10. The monoisotopic (exact) mass is 920 g/mol. The lowest BCUT2D eigenvalue weighted by Crippen LogP contribution is -2.60. The van der Waals surface area contributed by atoms with Crippen molar-refractivity contribution in [2.24, 2.45) is 29.4 Å². The summed E-state index contributed by atoms with van der Waals surface area (Å²) in [7, 11) is 0. The summed E-state index contributed by atoms with van der Waals surface area (Å²) in [5, 5.41) is 29.7. The fourth-order valence-electron chi connectivity index (χ4n) is 6.41. The number of nitrogens with one attached hydrogen (secondary N) is 9. The van der Waals surface area contributed by atoms with Gasteiger partial charge in [0.25, 0.3) is 0 Å². The second-order valence-electron chi connectivity index (χ2n) is 17.9. The molecule has 0 radical (unpaired) electrons. The van der Waals surface area contributed by atoms with Crippen LogP contribution in [0, 0.1) is 23.7 Å². The number of imidazole rings is 1. The first kappa shape index (κ1) is 57.1. The number of carboxylic acid groups (broad SMARTS) is 1. The minimum Gasteiger partial charge on any atom is -0.481 e. The van der Waals surface area contributed by atoms with Crippen LogP contribution in [0.2, 0.25) is 0 Å². The van der Waals surface area contributed by atoms with E-state index in [9.17, 15) is 47.9 Å². The van der Waals surface area contributed by atoms with Crippen LogP contribution in [0.15, 0.2) is 12.5 Å². The van der Waals surface area contributed by atoms with Gasteiger partial charge in [0, 0.05) is 18.3 Å². The van der Waals surface area contributed by atoms with Crippen LogP contribution >= 0.6 is 0 Å². The highest BCUT2D eigenvalue weighted by Crippen LogP contribution is 2.13. The third-order valence-electron chi connectivity index (χ3n) is 10.2. The third-order valence-corrected chi connectivity index (χ3v) is 10.2. The molecule has 0 aliphatic heterocycles. The molecule has 0 spiro atoms. The molecular weight excluding hydrogens is 847 g/mol. The van der Waals surface area contributed by atoms with Crippen molar-refractivity contribution in [2.75, 3.05) is 0 Å². The molecule has 1 aromatic rings. The number of carbonyl (C=O) groups excluding carboxylic acids is 9. The van der Waals surface area contributed by atoms with E-state index in [1.165, 1.54) is 33.3 Å². The van der Waals surface area contributed by atoms with Crippen LogP contribution in [-0.4, -0.2) is 129 Å². The van der Waals surface area contributed by atoms with Gasteiger partial charge in [0.05, 0.1) is 24.8 Å². The molecule has 0 bridgehead atoms. The minimum atomic E-state index is -1.32. The molecule has 0 fully saturated rings. The largest absolute Gasteiger partial charge is 0.481 e. The Kier molecular flexibility index (Phi) is 24.7. The number of nitrogens with two attached hydrogens (primary N) is 1. The molecule has 366 valence electrons. The molecule has 0 saturated carbocycles. The lowest BCUT2D eigenvalue weighted by atomic mass is 9.96. The number of carboxylic acids is 1. The van der Waals surface area contributed by atoms with E-state index in [0.29, 0.717) is 12.1 Å². The lowest BCUT2D eigenvalue weighted by molar-refractivity contribution is -0.139. The quantitative estimate of drug-likeness (QED) is 0.0434. The number of H-pyrrole nitrogens is 1. The van der Waals surface area contributed by atoms with Gasteiger partial charge in [-0.05, 0) is 63.7 Å². The number of amides is 8. The van der Waals surface area contributed by atoms with E-state index in [2.05, 4.69) is 52.5 Å². The Labute approximate surface area is 381 Å². The molecular formula is C43H73N11O11. The first-order chi connectivity index (χ1) is 30.3. The van der Waals surface area contributed by atoms with Crippen molar-refractivity contribution in [1.29, 1.82) is 0 Å². The fourth-order valence-corrected chi connectivity index (χ4v) is 6.41. The van der Waals surface area contributed by atoms with Crippen molar-refractivity contribution in [2.45, 2.75) is 169 Å². The Bertz CT molecular complexity index is 1770. The Balaban J connectivity index is 3.27. The van der Waals surface area contributed by atoms with E-state index in [4.69, 9.17) is 10.8 Å². The predicted molar refractivity (Wildman–Crippen MR) is 239 cm³/mol. The van der Waals surface area contributed by atoms with Gasteiger partial charge in [-0.25, -0.2) is 4.98 Å². The molecule has 0 unspecified atom stereocenters. The van der Waals surface area contributed by atoms with Crippen LogP contribution in [0.25, 0.3) is 0 Å². The predicted octanol–water partition coefficient (Wildman–Crippen LogP) is -0.924. The van der Waals surface area contributed by atoms with Gasteiger partial charge in [-0.1, -0.05) is 61.8 Å². The number of hydrogen-bond donors (Lipinski definition) is 11. The maximum Gasteiger partial charge on any atom is 0.305 e. The maximum absolute atomic E-state index is 13.9. The number of aromatic amines is 1. The van der Waals surface area contributed by atoms with Crippen LogP contribution in [-0.2, 0) is 54.4 Å². The lowest BCUT2D eigenvalue weighted by Gasteiger charge is -2.29. The maximum atomic E-state index is 13.9. The molecule has 10 atom stereocenters. The van der Waals surface area contributed by atoms with Crippen LogP contribution in [0.4, 0.5) is 0 Å². The summed E-state index contributed by atoms with van der Waals surface area (Å²) < 4.78 is 0. The van der Waals surface area contributed by atoms with Gasteiger partial charge < -0.3 is 63.2 Å². The summed E-state index contributed by atoms with van der Waals surface area (Å²) in [5.41, 5.74) is 6.20. The van der Waals surface area contributed by atoms with E-state index in [1.807, 2.05) is 34.6 Å². The average molecular weight is 920 g/mol. The minimum absolute atomic E-state index is 0.0911. The number of aromatic nitrogens is 2. The van der Waals surface area contributed by atoms with Gasteiger partial charge in [-0.3, -0.25) is 43.2 Å². The highest BCUT2D eigenvalue weighted by molar-refractivity contribution is 5.98. The van der Waals surface area contributed by atoms with Crippen molar-refractivity contribution in [1.82, 2.24) is 52.5 Å². The van der Waals surface area contributed by atoms with Crippen LogP contribution < -0.4 is 48.3 Å². The summed E-state index contributed by atoms with van der Waals surface area (Å²) in [6.45, 7) is 18.7. The van der Waals surface area contributed by atoms with Crippen LogP contribution in [0.5, 0.6) is 0 Å². The molecule has 65 heavy (non-hydrogen) atoms. The van der Waals surface area contributed by atoms with Crippen LogP contribution in [0.1, 0.15) is 114 Å². The molecule has 1 aromatic heterocycles. The zero-order chi connectivity index (χ0) is 49.7. The normalized spacial score (nSPS) is 15.9. The Morgan fingerprint density at radius 2 is 1.02 bits per heavy atom. The Morgan fingerprint density at radius 3 is 1.42 bits per heavy atom. The third kappa shape index (κ3) is 21.1. The number of rotatable bonds is 29. The molecule has 0 aromatic carbocycles. The molecule has 22 heteroatoms. The summed E-state index contributed by atoms with van der Waals surface area (Å²) in [4.78, 5) is 137. The van der Waals surface area contributed by atoms with Crippen molar-refractivity contribution in [3.05, 3.63) is 18.2 Å². The van der Waals surface area contributed by atoms with Gasteiger partial charge in [0.2, 0.25) is 47.3 Å². The number of nitrogens with zero attached hydrogens (tertiary/aromatic N) is 1. The van der Waals surface area contributed by atoms with E-state index in [0.717, 1.165) is 0 Å². The fraction of sp³-hybridized carbons (Fsp3) is 0.698. The molecule has 0 aliphatic rings. The highest BCUT2D eigenvalue weighted by atomic mass is 16.4. The summed E-state index contributed by atoms with van der Waals surface area (Å²) >= 11 is 0. The van der Waals surface area contributed by atoms with Crippen LogP contribution in [0.3, 0.4) is 0 Å². The van der Waals surface area contributed by atoms with E-state index < -0.39 is 114 Å². The van der Waals surface area contributed by atoms with Gasteiger partial charge in [-0.2, -0.15) is 0 Å². The SMILES string of the molecule is CC[C@H](C)[C@H](NC(=O)[C@H](C)N)C(=O)N[C@@H](CC(C)C)C(=O)N[C@@H](Cc1cnc[nH]1)C(=O)N[C@@H](C)C(=O)N[C@@H](CC(C)C)C(=O)N[C@@H](CC(C)C)C(=O)N[C@@H](C)C(=O)N[C@H](C=O)CC(=O)O. The molecule has 1 heterocycles. The van der Waals surface area contributed by atoms with Gasteiger partial charge in [0.1, 0.15) is 48.6 Å². The van der Waals surface area contributed by atoms with E-state index in [1.54, 1.807) is 20.8 Å². The second kappa shape index (κ2) is 28.1. The summed E-state index contributed by atoms with van der Waals surface area (Å²) in [6, 6.07) is -10.5. The highest BCUT2D eigenvalue weighted by Gasteiger charge is 2.35. The molecule has 0 saturated heterocycles. The zero-order valence-electron chi connectivity index (χ0n) is 39.5. The average Bonchev–Trinajstić information content (AvgIpc) is 3.73. The zero-order valence-corrected chi connectivity index (χ0v) is 39.5. The van der Waals surface area contributed by atoms with E-state index >= 15 is 0 Å². The van der Waals surface area contributed by atoms with Gasteiger partial charge in [-0.15, -0.1) is 0 Å². The summed E-state index contributed by atoms with van der Waals surface area (Å²) in [5.74, 6) is -7.64. The first-order valence-electron chi connectivity index (χ1n) is 22.1. The topological polar surface area (TPSA) is 342 Å². The van der Waals surface area contributed by atoms with Crippen molar-refractivity contribution >= 4 is 59.5 Å². The molecule has 0 aliphatic carbocycles. The molecule has 22 nitrogen and oxygen atoms in total. The van der Waals surface area contributed by atoms with Gasteiger partial charge in [0.15, 0.2) is 0 Å². The number of hydrogen-bond acceptors (Lipinski definition) is 12. The van der Waals surface area contributed by atoms with Crippen molar-refractivity contribution in [3.8, 4) is 0 Å². The van der Waals surface area contributed by atoms with Crippen molar-refractivity contribution < 1.29 is 53.1 Å². The smallest absolute Gasteiger partial charge is 0.305 e. The summed E-state index contributed by atoms with van der Waals surface area (Å²) in [6.07, 6.45) is 3.31. The standard InChI is InChI=1S/C43H73N11O11/c1-12-24(8)35(54-36(58)25(9)44)43(65)53-32(15-23(6)7)42(64)52-33(16-28-18-45-20-46-28)40(62)48-27(11)38(60)50-31(14-22(4)5)41(63)51-30(13-21(2)3)39(61)47-26(10)37(59)49-29(19-55)17-34(56)57/h18-27,29-33,35H,12-17,44H2,1-11H3,(H,45,46)(H,47,61)(H,48,62)(H,49,59)(H,50,60)(H,51,63)(H,52,64)(H,53,65)(H,54,58)(H,56,57)/t24-,25-,26-,27-,29-,30-,31-,32-,33-,35-/m0/s1. The number of aldehydes is 1. The second-order valence-corrected chi connectivity index (χ2v) is 17.9. The van der Waals surface area contributed by atoms with Crippen molar-refractivity contribution in [3.63, 3.8) is 0 Å². The van der Waals surface area contributed by atoms with E-state index in [-0.39, 0.29) is 55.6 Å². The molecule has 12 N–H and O–H groups in total. The first-order valence-corrected chi connectivity index (χ1v) is 22.1. The molecule has 8 amide bonds. The van der Waals surface area contributed by atoms with Gasteiger partial charge >= 0.3 is 5.97 Å². The Morgan fingerprint density at radius 1 is 0.600 bits per heavy atom. The molecule has 1 rings (SSSR count).